The number of piperidine rings is 1. The standard InChI is InChI=1S/C18H21F3N4O3S/c1-11-8-14(29(22,27)28)9-15(12(11)2)17(26)24-7-3-4-13(10-24)25-16(5-6-23-25)18(19,20)21/h5-6,8-9,13H,3-4,7,10H2,1-2H3,(H2,22,27,28). The number of aromatic nitrogens is 2. The molecule has 7 nitrogen and oxygen atoms in total. The molecule has 1 aromatic carbocycles. The maximum Gasteiger partial charge on any atom is 0.433 e. The molecule has 1 saturated heterocycles. The third-order valence-electron chi connectivity index (χ3n) is 5.19. The predicted octanol–water partition coefficient (Wildman–Crippen LogP) is 2.64. The van der Waals surface area contributed by atoms with Crippen molar-refractivity contribution in [3.8, 4) is 0 Å². The van der Waals surface area contributed by atoms with E-state index in [1.807, 2.05) is 0 Å². The van der Waals surface area contributed by atoms with Crippen molar-refractivity contribution in [2.75, 3.05) is 13.1 Å². The van der Waals surface area contributed by atoms with Gasteiger partial charge < -0.3 is 4.90 Å². The minimum absolute atomic E-state index is 0.0433. The first-order chi connectivity index (χ1) is 13.4. The van der Waals surface area contributed by atoms with E-state index in [-0.39, 0.29) is 17.0 Å². The largest absolute Gasteiger partial charge is 0.433 e. The molecule has 1 fully saturated rings. The number of sulfonamides is 1. The summed E-state index contributed by atoms with van der Waals surface area (Å²) in [6, 6.07) is 2.89. The molecular formula is C18H21F3N4O3S. The molecule has 2 heterocycles. The lowest BCUT2D eigenvalue weighted by atomic mass is 10.00. The summed E-state index contributed by atoms with van der Waals surface area (Å²) in [5.74, 6) is -0.443. The molecule has 0 saturated carbocycles. The van der Waals surface area contributed by atoms with Crippen molar-refractivity contribution < 1.29 is 26.4 Å². The van der Waals surface area contributed by atoms with Crippen LogP contribution >= 0.6 is 0 Å². The Kier molecular flexibility index (Phi) is 5.48. The van der Waals surface area contributed by atoms with Gasteiger partial charge >= 0.3 is 6.18 Å². The van der Waals surface area contributed by atoms with E-state index in [0.29, 0.717) is 30.5 Å². The van der Waals surface area contributed by atoms with E-state index in [0.717, 1.165) is 16.9 Å². The lowest BCUT2D eigenvalue weighted by molar-refractivity contribution is -0.145. The molecule has 0 bridgehead atoms. The normalized spacial score (nSPS) is 18.1. The van der Waals surface area contributed by atoms with Crippen molar-refractivity contribution in [3.63, 3.8) is 0 Å². The van der Waals surface area contributed by atoms with Crippen molar-refractivity contribution in [1.82, 2.24) is 14.7 Å². The number of amides is 1. The third kappa shape index (κ3) is 4.30. The quantitative estimate of drug-likeness (QED) is 0.809. The lowest BCUT2D eigenvalue weighted by Crippen LogP contribution is -2.42. The maximum absolute atomic E-state index is 13.2. The van der Waals surface area contributed by atoms with Gasteiger partial charge in [-0.2, -0.15) is 18.3 Å². The zero-order chi connectivity index (χ0) is 21.6. The first kappa shape index (κ1) is 21.3. The number of nitrogens with zero attached hydrogens (tertiary/aromatic N) is 3. The van der Waals surface area contributed by atoms with Gasteiger partial charge in [0, 0.05) is 24.8 Å². The molecule has 1 unspecified atom stereocenters. The van der Waals surface area contributed by atoms with Crippen LogP contribution in [0.4, 0.5) is 13.2 Å². The minimum atomic E-state index is -4.54. The maximum atomic E-state index is 13.2. The minimum Gasteiger partial charge on any atom is -0.336 e. The molecule has 1 aliphatic rings. The lowest BCUT2D eigenvalue weighted by Gasteiger charge is -2.34. The molecule has 0 spiro atoms. The van der Waals surface area contributed by atoms with E-state index in [2.05, 4.69) is 5.10 Å². The monoisotopic (exact) mass is 430 g/mol. The summed E-state index contributed by atoms with van der Waals surface area (Å²) in [5, 5.41) is 9.01. The van der Waals surface area contributed by atoms with Gasteiger partial charge in [-0.1, -0.05) is 0 Å². The summed E-state index contributed by atoms with van der Waals surface area (Å²) in [6.45, 7) is 3.75. The number of halogens is 3. The van der Waals surface area contributed by atoms with E-state index >= 15 is 0 Å². The number of hydrogen-bond acceptors (Lipinski definition) is 4. The van der Waals surface area contributed by atoms with Crippen LogP contribution in [0.15, 0.2) is 29.3 Å². The first-order valence-electron chi connectivity index (χ1n) is 8.93. The fourth-order valence-electron chi connectivity index (χ4n) is 3.55. The average Bonchev–Trinajstić information content (AvgIpc) is 3.13. The first-order valence-corrected chi connectivity index (χ1v) is 10.5. The van der Waals surface area contributed by atoms with Gasteiger partial charge in [0.1, 0.15) is 5.69 Å². The van der Waals surface area contributed by atoms with Crippen molar-refractivity contribution in [2.45, 2.75) is 43.8 Å². The van der Waals surface area contributed by atoms with Gasteiger partial charge in [0.25, 0.3) is 5.91 Å². The Morgan fingerprint density at radius 3 is 2.59 bits per heavy atom. The van der Waals surface area contributed by atoms with Crippen molar-refractivity contribution in [3.05, 3.63) is 46.8 Å². The zero-order valence-electron chi connectivity index (χ0n) is 15.9. The van der Waals surface area contributed by atoms with Gasteiger partial charge in [-0.15, -0.1) is 0 Å². The predicted molar refractivity (Wildman–Crippen MR) is 98.7 cm³/mol. The van der Waals surface area contributed by atoms with Crippen LogP contribution < -0.4 is 5.14 Å². The highest BCUT2D eigenvalue weighted by Gasteiger charge is 2.38. The fraction of sp³-hybridized carbons (Fsp3) is 0.444. The number of likely N-dealkylation sites (tertiary alicyclic amines) is 1. The van der Waals surface area contributed by atoms with Gasteiger partial charge in [-0.3, -0.25) is 9.48 Å². The van der Waals surface area contributed by atoms with Gasteiger partial charge in [0.15, 0.2) is 0 Å². The smallest absolute Gasteiger partial charge is 0.336 e. The van der Waals surface area contributed by atoms with Crippen molar-refractivity contribution in [2.24, 2.45) is 5.14 Å². The summed E-state index contributed by atoms with van der Waals surface area (Å²) >= 11 is 0. The number of carbonyl (C=O) groups excluding carboxylic acids is 1. The third-order valence-corrected chi connectivity index (χ3v) is 6.08. The van der Waals surface area contributed by atoms with Crippen LogP contribution in [0, 0.1) is 13.8 Å². The van der Waals surface area contributed by atoms with Crippen LogP contribution in [-0.2, 0) is 16.2 Å². The fourth-order valence-corrected chi connectivity index (χ4v) is 4.17. The highest BCUT2D eigenvalue weighted by Crippen LogP contribution is 2.33. The van der Waals surface area contributed by atoms with E-state index < -0.39 is 33.8 Å². The Balaban J connectivity index is 1.92. The van der Waals surface area contributed by atoms with Crippen LogP contribution in [0.25, 0.3) is 0 Å². The topological polar surface area (TPSA) is 98.3 Å². The number of primary sulfonamides is 1. The van der Waals surface area contributed by atoms with Crippen molar-refractivity contribution >= 4 is 15.9 Å². The van der Waals surface area contributed by atoms with Gasteiger partial charge in [0.05, 0.1) is 10.9 Å². The summed E-state index contributed by atoms with van der Waals surface area (Å²) in [5.41, 5.74) is 0.491. The van der Waals surface area contributed by atoms with Crippen LogP contribution in [0.1, 0.15) is 46.1 Å². The molecule has 11 heteroatoms. The molecule has 1 aliphatic heterocycles. The molecule has 29 heavy (non-hydrogen) atoms. The molecule has 0 aliphatic carbocycles. The van der Waals surface area contributed by atoms with E-state index in [9.17, 15) is 26.4 Å². The molecule has 1 aromatic heterocycles. The zero-order valence-corrected chi connectivity index (χ0v) is 16.7. The van der Waals surface area contributed by atoms with Crippen LogP contribution in [0.3, 0.4) is 0 Å². The Bertz CT molecular complexity index is 1050. The number of benzene rings is 1. The number of carbonyl (C=O) groups is 1. The van der Waals surface area contributed by atoms with Crippen LogP contribution in [-0.4, -0.2) is 42.1 Å². The van der Waals surface area contributed by atoms with E-state index in [4.69, 9.17) is 5.14 Å². The summed E-state index contributed by atoms with van der Waals surface area (Å²) in [6.07, 6.45) is -2.50. The van der Waals surface area contributed by atoms with E-state index in [1.165, 1.54) is 17.0 Å². The van der Waals surface area contributed by atoms with Gasteiger partial charge in [0.2, 0.25) is 10.0 Å². The van der Waals surface area contributed by atoms with E-state index in [1.54, 1.807) is 13.8 Å². The number of rotatable bonds is 3. The number of aryl methyl sites for hydroxylation is 1. The highest BCUT2D eigenvalue weighted by atomic mass is 32.2. The number of hydrogen-bond donors (Lipinski definition) is 1. The number of alkyl halides is 3. The van der Waals surface area contributed by atoms with Crippen LogP contribution in [0.5, 0.6) is 0 Å². The summed E-state index contributed by atoms with van der Waals surface area (Å²) in [7, 11) is -4.01. The molecule has 2 aromatic rings. The van der Waals surface area contributed by atoms with Crippen molar-refractivity contribution in [1.29, 1.82) is 0 Å². The highest BCUT2D eigenvalue weighted by molar-refractivity contribution is 7.89. The Morgan fingerprint density at radius 2 is 1.97 bits per heavy atom. The molecule has 0 radical (unpaired) electrons. The summed E-state index contributed by atoms with van der Waals surface area (Å²) in [4.78, 5) is 14.3. The molecule has 3 rings (SSSR count). The SMILES string of the molecule is Cc1cc(S(N)(=O)=O)cc(C(=O)N2CCCC(n3nccc3C(F)(F)F)C2)c1C. The molecular weight excluding hydrogens is 409 g/mol. The Hall–Kier alpha value is -2.40. The van der Waals surface area contributed by atoms with Gasteiger partial charge in [-0.05, 0) is 56.0 Å². The second kappa shape index (κ2) is 7.45. The molecule has 1 atom stereocenters. The number of nitrogens with two attached hydrogens (primary N) is 1. The Labute approximate surface area is 166 Å². The Morgan fingerprint density at radius 1 is 1.28 bits per heavy atom. The summed E-state index contributed by atoms with van der Waals surface area (Å²) < 4.78 is 64.0. The van der Waals surface area contributed by atoms with Crippen LogP contribution in [0.2, 0.25) is 0 Å². The molecule has 158 valence electrons. The molecule has 2 N–H and O–H groups in total. The molecule has 1 amide bonds. The second-order valence-corrected chi connectivity index (χ2v) is 8.73. The average molecular weight is 430 g/mol. The van der Waals surface area contributed by atoms with Gasteiger partial charge in [-0.25, -0.2) is 13.6 Å². The second-order valence-electron chi connectivity index (χ2n) is 7.16.